The molecule has 6 rings (SSSR count). The van der Waals surface area contributed by atoms with Crippen LogP contribution in [0.3, 0.4) is 0 Å². The number of aromatic nitrogens is 2. The first kappa shape index (κ1) is 31.4. The van der Waals surface area contributed by atoms with Crippen molar-refractivity contribution in [2.24, 2.45) is 0 Å². The summed E-state index contributed by atoms with van der Waals surface area (Å²) in [4.78, 5) is 9.20. The van der Waals surface area contributed by atoms with Gasteiger partial charge in [0.05, 0.1) is 0 Å². The summed E-state index contributed by atoms with van der Waals surface area (Å²) in [6.45, 7) is 9.92. The van der Waals surface area contributed by atoms with Gasteiger partial charge in [0, 0.05) is 37.2 Å². The Morgan fingerprint density at radius 1 is 0.932 bits per heavy atom. The number of hydrogen-bond donors (Lipinski definition) is 1. The number of allylic oxidation sites excluding steroid dienone is 2. The fourth-order valence-electron chi connectivity index (χ4n) is 5.78. The van der Waals surface area contributed by atoms with E-state index < -0.39 is 5.67 Å². The van der Waals surface area contributed by atoms with Gasteiger partial charge in [-0.25, -0.2) is 14.4 Å². The van der Waals surface area contributed by atoms with Crippen molar-refractivity contribution in [1.29, 1.82) is 0 Å². The Bertz CT molecular complexity index is 1550. The van der Waals surface area contributed by atoms with Gasteiger partial charge in [-0.1, -0.05) is 88.4 Å². The molecule has 0 saturated heterocycles. The molecular formula is C39H48FN3O. The molecule has 1 unspecified atom stereocenters. The minimum atomic E-state index is -1.25. The Hall–Kier alpha value is -3.99. The Balaban J connectivity index is 0.00000151. The maximum atomic E-state index is 15.1. The molecule has 0 aliphatic heterocycles. The van der Waals surface area contributed by atoms with E-state index in [1.54, 1.807) is 12.4 Å². The summed E-state index contributed by atoms with van der Waals surface area (Å²) in [7, 11) is 0. The smallest absolute Gasteiger partial charge is 0.241 e. The average Bonchev–Trinajstić information content (AvgIpc) is 4.00. The predicted octanol–water partition coefficient (Wildman–Crippen LogP) is 11.1. The van der Waals surface area contributed by atoms with Crippen LogP contribution in [-0.4, -0.2) is 9.97 Å². The molecule has 4 aromatic rings. The quantitative estimate of drug-likeness (QED) is 0.177. The van der Waals surface area contributed by atoms with Crippen LogP contribution in [0, 0.1) is 0 Å². The lowest BCUT2D eigenvalue weighted by atomic mass is 9.89. The maximum Gasteiger partial charge on any atom is 0.241 e. The third-order valence-corrected chi connectivity index (χ3v) is 8.76. The summed E-state index contributed by atoms with van der Waals surface area (Å²) in [5.74, 6) is 1.20. The first-order chi connectivity index (χ1) is 21.5. The molecule has 4 nitrogen and oxygen atoms in total. The molecular weight excluding hydrogens is 545 g/mol. The van der Waals surface area contributed by atoms with Gasteiger partial charge in [0.2, 0.25) is 5.88 Å². The van der Waals surface area contributed by atoms with Crippen molar-refractivity contribution < 1.29 is 10.6 Å². The second kappa shape index (κ2) is 14.2. The third-order valence-electron chi connectivity index (χ3n) is 8.76. The second-order valence-corrected chi connectivity index (χ2v) is 11.7. The lowest BCUT2D eigenvalue weighted by Gasteiger charge is -2.23. The molecule has 1 heterocycles. The highest BCUT2D eigenvalue weighted by atomic mass is 19.1. The molecule has 0 bridgehead atoms. The number of halogens is 1. The molecule has 0 radical (unpaired) electrons. The first-order valence-electron chi connectivity index (χ1n) is 16.4. The predicted molar refractivity (Wildman–Crippen MR) is 182 cm³/mol. The monoisotopic (exact) mass is 593 g/mol. The highest BCUT2D eigenvalue weighted by molar-refractivity contribution is 5.67. The van der Waals surface area contributed by atoms with Gasteiger partial charge in [0.15, 0.2) is 0 Å². The summed E-state index contributed by atoms with van der Waals surface area (Å²) in [5.41, 5.74) is 8.75. The van der Waals surface area contributed by atoms with Crippen molar-refractivity contribution in [2.45, 2.75) is 97.3 Å². The van der Waals surface area contributed by atoms with Gasteiger partial charge in [-0.3, -0.25) is 0 Å². The van der Waals surface area contributed by atoms with E-state index in [0.29, 0.717) is 24.6 Å². The van der Waals surface area contributed by atoms with Crippen LogP contribution >= 0.6 is 0 Å². The van der Waals surface area contributed by atoms with Gasteiger partial charge in [0.25, 0.3) is 0 Å². The number of hydrogen-bond acceptors (Lipinski definition) is 4. The van der Waals surface area contributed by atoms with Crippen molar-refractivity contribution >= 4 is 5.69 Å². The molecule has 1 N–H and O–H groups in total. The third kappa shape index (κ3) is 7.38. The summed E-state index contributed by atoms with van der Waals surface area (Å²) >= 11 is 0. The Labute approximate surface area is 264 Å². The number of benzene rings is 3. The van der Waals surface area contributed by atoms with Crippen molar-refractivity contribution in [3.63, 3.8) is 0 Å². The van der Waals surface area contributed by atoms with Crippen LogP contribution in [0.25, 0.3) is 11.3 Å². The number of rotatable bonds is 12. The standard InChI is InChI=1S/C37H40FN3O.C2H6.H2/c1-4-37(38,5-2)30-18-10-26(11-19-30)24-34(28-14-15-28)41-31-20-16-29(17-21-31)35-36(40-23-22-39-35)42-25(3)32-8-6-7-9-33(32)27-12-13-27;1-2;/h6-11,16-23,25,27,41H,4-5,12-15,24H2,1-3H3;1-2H3;1H. The SMILES string of the molecule is CC.CCC(F)(CC)c1ccc(CC(Nc2ccc(-c3nccnc3OC(C)c3ccccc3C3CC3)cc2)=C2CC2)cc1.[HH]. The summed E-state index contributed by atoms with van der Waals surface area (Å²) < 4.78 is 21.6. The zero-order chi connectivity index (χ0) is 31.1. The summed E-state index contributed by atoms with van der Waals surface area (Å²) in [6.07, 6.45) is 9.82. The van der Waals surface area contributed by atoms with E-state index in [-0.39, 0.29) is 7.53 Å². The zero-order valence-corrected chi connectivity index (χ0v) is 26.9. The van der Waals surface area contributed by atoms with E-state index in [2.05, 4.69) is 82.9 Å². The molecule has 2 aliphatic carbocycles. The maximum absolute atomic E-state index is 15.1. The van der Waals surface area contributed by atoms with Crippen molar-refractivity contribution in [1.82, 2.24) is 9.97 Å². The van der Waals surface area contributed by atoms with Gasteiger partial charge in [-0.05, 0) is 91.3 Å². The lowest BCUT2D eigenvalue weighted by Crippen LogP contribution is -2.17. The average molecular weight is 594 g/mol. The largest absolute Gasteiger partial charge is 0.468 e. The van der Waals surface area contributed by atoms with Crippen LogP contribution in [0.5, 0.6) is 5.88 Å². The fourth-order valence-corrected chi connectivity index (χ4v) is 5.78. The van der Waals surface area contributed by atoms with Crippen LogP contribution < -0.4 is 10.1 Å². The minimum Gasteiger partial charge on any atom is -0.468 e. The van der Waals surface area contributed by atoms with Gasteiger partial charge >= 0.3 is 0 Å². The Morgan fingerprint density at radius 3 is 2.23 bits per heavy atom. The van der Waals surface area contributed by atoms with Gasteiger partial charge in [-0.2, -0.15) is 0 Å². The van der Waals surface area contributed by atoms with Gasteiger partial charge < -0.3 is 10.1 Å². The number of anilines is 1. The highest BCUT2D eigenvalue weighted by Gasteiger charge is 2.29. The Kier molecular flexibility index (Phi) is 10.1. The molecule has 2 fully saturated rings. The van der Waals surface area contributed by atoms with Crippen LogP contribution in [0.2, 0.25) is 0 Å². The van der Waals surface area contributed by atoms with E-state index >= 15 is 4.39 Å². The lowest BCUT2D eigenvalue weighted by molar-refractivity contribution is 0.151. The molecule has 1 atom stereocenters. The van der Waals surface area contributed by atoms with E-state index in [4.69, 9.17) is 4.74 Å². The number of nitrogens with one attached hydrogen (secondary N) is 1. The fraction of sp³-hybridized carbons (Fsp3) is 0.385. The topological polar surface area (TPSA) is 47.0 Å². The van der Waals surface area contributed by atoms with E-state index in [1.807, 2.05) is 39.8 Å². The number of nitrogens with zero attached hydrogens (tertiary/aromatic N) is 2. The van der Waals surface area contributed by atoms with Crippen molar-refractivity contribution in [3.8, 4) is 17.1 Å². The Morgan fingerprint density at radius 2 is 1.59 bits per heavy atom. The van der Waals surface area contributed by atoms with Crippen LogP contribution in [0.15, 0.2) is 96.5 Å². The van der Waals surface area contributed by atoms with Crippen LogP contribution in [0.1, 0.15) is 109 Å². The van der Waals surface area contributed by atoms with Gasteiger partial charge in [0.1, 0.15) is 17.5 Å². The molecule has 0 amide bonds. The molecule has 44 heavy (non-hydrogen) atoms. The zero-order valence-electron chi connectivity index (χ0n) is 26.9. The molecule has 2 saturated carbocycles. The first-order valence-corrected chi connectivity index (χ1v) is 16.4. The van der Waals surface area contributed by atoms with Crippen molar-refractivity contribution in [3.05, 3.63) is 119 Å². The second-order valence-electron chi connectivity index (χ2n) is 11.7. The normalized spacial score (nSPS) is 14.7. The van der Waals surface area contributed by atoms with Crippen molar-refractivity contribution in [2.75, 3.05) is 5.32 Å². The van der Waals surface area contributed by atoms with Crippen LogP contribution in [-0.2, 0) is 12.1 Å². The van der Waals surface area contributed by atoms with E-state index in [1.165, 1.54) is 40.8 Å². The molecule has 2 aliphatic rings. The summed E-state index contributed by atoms with van der Waals surface area (Å²) in [6, 6.07) is 25.0. The summed E-state index contributed by atoms with van der Waals surface area (Å²) in [5, 5.41) is 3.66. The minimum absolute atomic E-state index is 0. The molecule has 0 spiro atoms. The van der Waals surface area contributed by atoms with Gasteiger partial charge in [-0.15, -0.1) is 0 Å². The highest BCUT2D eigenvalue weighted by Crippen LogP contribution is 2.44. The number of ether oxygens (including phenoxy) is 1. The van der Waals surface area contributed by atoms with E-state index in [9.17, 15) is 0 Å². The van der Waals surface area contributed by atoms with E-state index in [0.717, 1.165) is 41.8 Å². The number of alkyl halides is 1. The van der Waals surface area contributed by atoms with Crippen LogP contribution in [0.4, 0.5) is 10.1 Å². The molecule has 232 valence electrons. The molecule has 3 aromatic carbocycles. The molecule has 1 aromatic heterocycles. The molecule has 5 heteroatoms.